The largest absolute Gasteiger partial charge is 0.466 e. The Labute approximate surface area is 120 Å². The molecule has 0 saturated carbocycles. The number of hydrogen-bond acceptors (Lipinski definition) is 6. The Morgan fingerprint density at radius 1 is 1.47 bits per heavy atom. The molecule has 2 aromatic heterocycles. The Bertz CT molecular complexity index is 555. The summed E-state index contributed by atoms with van der Waals surface area (Å²) < 4.78 is 5.85. The van der Waals surface area contributed by atoms with E-state index in [9.17, 15) is 4.79 Å². The minimum atomic E-state index is -0.205. The van der Waals surface area contributed by atoms with Crippen LogP contribution in [-0.2, 0) is 16.0 Å². The first-order valence-electron chi connectivity index (χ1n) is 5.90. The van der Waals surface area contributed by atoms with Crippen LogP contribution in [0.3, 0.4) is 0 Å². The van der Waals surface area contributed by atoms with Crippen LogP contribution in [0.1, 0.15) is 17.5 Å². The number of thiazole rings is 1. The molecule has 0 fully saturated rings. The first-order chi connectivity index (χ1) is 9.19. The number of hydrogen-bond donors (Lipinski definition) is 0. The second kappa shape index (κ2) is 6.68. The highest BCUT2D eigenvalue weighted by atomic mass is 32.2. The molecule has 0 bridgehead atoms. The summed E-state index contributed by atoms with van der Waals surface area (Å²) in [5.74, 6) is -0.205. The molecule has 0 aliphatic rings. The Balaban J connectivity index is 2.06. The van der Waals surface area contributed by atoms with E-state index < -0.39 is 0 Å². The van der Waals surface area contributed by atoms with E-state index in [4.69, 9.17) is 4.74 Å². The molecule has 0 saturated heterocycles. The molecule has 0 aliphatic carbocycles. The summed E-state index contributed by atoms with van der Waals surface area (Å²) in [4.78, 5) is 21.1. The molecule has 2 aromatic rings. The molecule has 4 nitrogen and oxygen atoms in total. The van der Waals surface area contributed by atoms with E-state index in [-0.39, 0.29) is 5.97 Å². The summed E-state index contributed by atoms with van der Waals surface area (Å²) >= 11 is 3.03. The van der Waals surface area contributed by atoms with E-state index in [1.165, 1.54) is 23.1 Å². The van der Waals surface area contributed by atoms with Gasteiger partial charge in [0.1, 0.15) is 5.03 Å². The molecule has 19 heavy (non-hydrogen) atoms. The first-order valence-corrected chi connectivity index (χ1v) is 7.53. The maximum absolute atomic E-state index is 11.5. The molecule has 0 aromatic carbocycles. The highest BCUT2D eigenvalue weighted by molar-refractivity contribution is 8.01. The van der Waals surface area contributed by atoms with Gasteiger partial charge in [0, 0.05) is 11.1 Å². The van der Waals surface area contributed by atoms with Crippen molar-refractivity contribution in [2.24, 2.45) is 0 Å². The van der Waals surface area contributed by atoms with Crippen LogP contribution in [0.15, 0.2) is 33.8 Å². The van der Waals surface area contributed by atoms with Gasteiger partial charge in [-0.15, -0.1) is 11.3 Å². The quantitative estimate of drug-likeness (QED) is 0.793. The molecule has 6 heteroatoms. The van der Waals surface area contributed by atoms with Crippen LogP contribution >= 0.6 is 23.1 Å². The molecule has 2 rings (SSSR count). The summed E-state index contributed by atoms with van der Waals surface area (Å²) in [6.45, 7) is 4.12. The number of pyridine rings is 1. The fourth-order valence-electron chi connectivity index (χ4n) is 1.45. The number of esters is 1. The molecule has 0 amide bonds. The lowest BCUT2D eigenvalue weighted by Gasteiger charge is -1.99. The number of carbonyl (C=O) groups is 1. The zero-order chi connectivity index (χ0) is 13.7. The highest BCUT2D eigenvalue weighted by Gasteiger charge is 2.13. The highest BCUT2D eigenvalue weighted by Crippen LogP contribution is 2.31. The second-order valence-electron chi connectivity index (χ2n) is 3.74. The minimum Gasteiger partial charge on any atom is -0.466 e. The summed E-state index contributed by atoms with van der Waals surface area (Å²) in [5.41, 5.74) is 0.886. The normalized spacial score (nSPS) is 10.4. The maximum atomic E-state index is 11.5. The van der Waals surface area contributed by atoms with Crippen molar-refractivity contribution < 1.29 is 9.53 Å². The van der Waals surface area contributed by atoms with E-state index in [1.807, 2.05) is 25.1 Å². The number of ether oxygens (including phenoxy) is 1. The van der Waals surface area contributed by atoms with E-state index >= 15 is 0 Å². The van der Waals surface area contributed by atoms with Crippen molar-refractivity contribution in [3.05, 3.63) is 35.0 Å². The smallest absolute Gasteiger partial charge is 0.311 e. The average molecular weight is 294 g/mol. The van der Waals surface area contributed by atoms with Gasteiger partial charge in [0.05, 0.1) is 18.7 Å². The molecule has 0 unspecified atom stereocenters. The average Bonchev–Trinajstić information content (AvgIpc) is 2.71. The van der Waals surface area contributed by atoms with Crippen LogP contribution in [0.5, 0.6) is 0 Å². The van der Waals surface area contributed by atoms with Crippen LogP contribution in [0.25, 0.3) is 0 Å². The maximum Gasteiger partial charge on any atom is 0.311 e. The Kier molecular flexibility index (Phi) is 4.93. The van der Waals surface area contributed by atoms with Crippen molar-refractivity contribution in [2.45, 2.75) is 29.6 Å². The molecular formula is C13H14N2O2S2. The predicted octanol–water partition coefficient (Wildman–Crippen LogP) is 3.10. The van der Waals surface area contributed by atoms with Crippen molar-refractivity contribution >= 4 is 29.1 Å². The third kappa shape index (κ3) is 4.04. The minimum absolute atomic E-state index is 0.205. The number of aromatic nitrogens is 2. The Morgan fingerprint density at radius 3 is 3.00 bits per heavy atom. The SMILES string of the molecule is CCOC(=O)Cc1sc(Sc2ccccn2)nc1C. The number of aryl methyl sites for hydroxylation is 1. The third-order valence-corrected chi connectivity index (χ3v) is 4.48. The molecule has 0 aliphatic heterocycles. The van der Waals surface area contributed by atoms with Crippen molar-refractivity contribution in [3.8, 4) is 0 Å². The van der Waals surface area contributed by atoms with Gasteiger partial charge in [-0.1, -0.05) is 6.07 Å². The molecular weight excluding hydrogens is 280 g/mol. The molecule has 2 heterocycles. The van der Waals surface area contributed by atoms with Gasteiger partial charge in [0.2, 0.25) is 0 Å². The Morgan fingerprint density at radius 2 is 2.32 bits per heavy atom. The number of nitrogens with zero attached hydrogens (tertiary/aromatic N) is 2. The zero-order valence-corrected chi connectivity index (χ0v) is 12.4. The fourth-order valence-corrected chi connectivity index (χ4v) is 3.57. The van der Waals surface area contributed by atoms with Gasteiger partial charge in [-0.25, -0.2) is 9.97 Å². The van der Waals surface area contributed by atoms with Gasteiger partial charge in [-0.2, -0.15) is 0 Å². The van der Waals surface area contributed by atoms with Crippen LogP contribution in [-0.4, -0.2) is 22.5 Å². The first kappa shape index (κ1) is 14.0. The summed E-state index contributed by atoms with van der Waals surface area (Å²) in [6.07, 6.45) is 2.04. The zero-order valence-electron chi connectivity index (χ0n) is 10.8. The topological polar surface area (TPSA) is 52.1 Å². The van der Waals surface area contributed by atoms with Crippen molar-refractivity contribution in [1.82, 2.24) is 9.97 Å². The molecule has 0 N–H and O–H groups in total. The Hall–Kier alpha value is -1.40. The van der Waals surface area contributed by atoms with E-state index in [0.29, 0.717) is 13.0 Å². The van der Waals surface area contributed by atoms with Gasteiger partial charge in [-0.05, 0) is 37.7 Å². The second-order valence-corrected chi connectivity index (χ2v) is 6.09. The molecule has 0 atom stereocenters. The van der Waals surface area contributed by atoms with Gasteiger partial charge in [-0.3, -0.25) is 4.79 Å². The lowest BCUT2D eigenvalue weighted by atomic mass is 10.3. The van der Waals surface area contributed by atoms with E-state index in [2.05, 4.69) is 9.97 Å². The van der Waals surface area contributed by atoms with Crippen molar-refractivity contribution in [2.75, 3.05) is 6.61 Å². The fraction of sp³-hybridized carbons (Fsp3) is 0.308. The summed E-state index contributed by atoms with van der Waals surface area (Å²) in [7, 11) is 0. The van der Waals surface area contributed by atoms with Crippen LogP contribution in [0.4, 0.5) is 0 Å². The van der Waals surface area contributed by atoms with Gasteiger partial charge >= 0.3 is 5.97 Å². The summed E-state index contributed by atoms with van der Waals surface area (Å²) in [5, 5.41) is 0.902. The monoisotopic (exact) mass is 294 g/mol. The van der Waals surface area contributed by atoms with Crippen LogP contribution in [0.2, 0.25) is 0 Å². The lowest BCUT2D eigenvalue weighted by Crippen LogP contribution is -2.07. The number of rotatable bonds is 5. The van der Waals surface area contributed by atoms with E-state index in [1.54, 1.807) is 13.1 Å². The molecule has 0 spiro atoms. The van der Waals surface area contributed by atoms with Crippen molar-refractivity contribution in [3.63, 3.8) is 0 Å². The van der Waals surface area contributed by atoms with Gasteiger partial charge < -0.3 is 4.74 Å². The van der Waals surface area contributed by atoms with E-state index in [0.717, 1.165) is 19.9 Å². The standard InChI is InChI=1S/C13H14N2O2S2/c1-3-17-12(16)8-10-9(2)15-13(18-10)19-11-6-4-5-7-14-11/h4-7H,3,8H2,1-2H3. The third-order valence-electron chi connectivity index (χ3n) is 2.31. The molecule has 0 radical (unpaired) electrons. The molecule has 100 valence electrons. The van der Waals surface area contributed by atoms with Crippen LogP contribution < -0.4 is 0 Å². The van der Waals surface area contributed by atoms with Gasteiger partial charge in [0.25, 0.3) is 0 Å². The summed E-state index contributed by atoms with van der Waals surface area (Å²) in [6, 6.07) is 5.76. The van der Waals surface area contributed by atoms with Crippen LogP contribution in [0, 0.1) is 6.92 Å². The lowest BCUT2D eigenvalue weighted by molar-refractivity contribution is -0.142. The predicted molar refractivity (Wildman–Crippen MR) is 75.5 cm³/mol. The van der Waals surface area contributed by atoms with Gasteiger partial charge in [0.15, 0.2) is 4.34 Å². The van der Waals surface area contributed by atoms with Crippen molar-refractivity contribution in [1.29, 1.82) is 0 Å². The number of carbonyl (C=O) groups excluding carboxylic acids is 1.